The van der Waals surface area contributed by atoms with E-state index in [-0.39, 0.29) is 0 Å². The lowest BCUT2D eigenvalue weighted by Gasteiger charge is -2.17. The van der Waals surface area contributed by atoms with Gasteiger partial charge in [0.2, 0.25) is 0 Å². The van der Waals surface area contributed by atoms with Crippen LogP contribution in [-0.2, 0) is 6.42 Å². The highest BCUT2D eigenvalue weighted by molar-refractivity contribution is 7.23. The van der Waals surface area contributed by atoms with Gasteiger partial charge in [0, 0.05) is 25.4 Å². The molecular weight excluding hydrogens is 448 g/mol. The Labute approximate surface area is 209 Å². The lowest BCUT2D eigenvalue weighted by Crippen LogP contribution is -1.99. The molecule has 2 heterocycles. The van der Waals surface area contributed by atoms with E-state index in [2.05, 4.69) is 99.3 Å². The van der Waals surface area contributed by atoms with Gasteiger partial charge in [-0.3, -0.25) is 0 Å². The summed E-state index contributed by atoms with van der Waals surface area (Å²) in [5.41, 5.74) is 5.41. The monoisotopic (exact) mass is 476 g/mol. The standard InChI is InChI=1S/C32H28S2/c1-4-24-27-11-6-5-10-25(27)21(3)26-13-12-23(19-28(24)26)30-15-17-32(34-30)31-16-14-29(33-31)22-9-7-8-20(2)18-22/h5-8,10-17,19,22H,2,4,9,18H2,1,3H3. The Hall–Kier alpha value is -2.94. The predicted molar refractivity (Wildman–Crippen MR) is 152 cm³/mol. The van der Waals surface area contributed by atoms with Crippen molar-refractivity contribution < 1.29 is 0 Å². The van der Waals surface area contributed by atoms with Crippen LogP contribution in [0.2, 0.25) is 0 Å². The third-order valence-electron chi connectivity index (χ3n) is 7.20. The summed E-state index contributed by atoms with van der Waals surface area (Å²) in [4.78, 5) is 5.56. The Morgan fingerprint density at radius 3 is 2.38 bits per heavy atom. The van der Waals surface area contributed by atoms with Crippen LogP contribution in [0, 0.1) is 6.92 Å². The average molecular weight is 477 g/mol. The van der Waals surface area contributed by atoms with Gasteiger partial charge in [-0.05, 0) is 94.8 Å². The highest BCUT2D eigenvalue weighted by Crippen LogP contribution is 2.43. The number of benzene rings is 3. The summed E-state index contributed by atoms with van der Waals surface area (Å²) in [6.07, 6.45) is 7.69. The zero-order chi connectivity index (χ0) is 23.2. The van der Waals surface area contributed by atoms with Gasteiger partial charge in [0.25, 0.3) is 0 Å². The number of hydrogen-bond donors (Lipinski definition) is 0. The largest absolute Gasteiger partial charge is 0.139 e. The minimum atomic E-state index is 0.585. The van der Waals surface area contributed by atoms with Crippen molar-refractivity contribution in [3.8, 4) is 20.2 Å². The zero-order valence-corrected chi connectivity index (χ0v) is 21.4. The number of hydrogen-bond acceptors (Lipinski definition) is 2. The van der Waals surface area contributed by atoms with Crippen molar-refractivity contribution in [3.05, 3.63) is 107 Å². The topological polar surface area (TPSA) is 0 Å². The lowest BCUT2D eigenvalue weighted by atomic mass is 9.90. The molecule has 0 spiro atoms. The fraction of sp³-hybridized carbons (Fsp3) is 0.188. The second-order valence-corrected chi connectivity index (χ2v) is 11.5. The molecule has 0 N–H and O–H groups in total. The van der Waals surface area contributed by atoms with Gasteiger partial charge in [-0.25, -0.2) is 0 Å². The van der Waals surface area contributed by atoms with Crippen LogP contribution in [0.25, 0.3) is 41.7 Å². The molecule has 3 aromatic carbocycles. The number of aryl methyl sites for hydroxylation is 2. The fourth-order valence-electron chi connectivity index (χ4n) is 5.43. The second kappa shape index (κ2) is 8.69. The summed E-state index contributed by atoms with van der Waals surface area (Å²) >= 11 is 3.86. The Bertz CT molecular complexity index is 1570. The van der Waals surface area contributed by atoms with E-state index in [1.807, 2.05) is 22.7 Å². The van der Waals surface area contributed by atoms with Crippen molar-refractivity contribution in [2.75, 3.05) is 0 Å². The van der Waals surface area contributed by atoms with Crippen LogP contribution in [0.4, 0.5) is 0 Å². The molecule has 2 heteroatoms. The predicted octanol–water partition coefficient (Wildman–Crippen LogP) is 10.3. The summed E-state index contributed by atoms with van der Waals surface area (Å²) in [6.45, 7) is 8.71. The number of allylic oxidation sites excluding steroid dienone is 3. The molecule has 0 radical (unpaired) electrons. The van der Waals surface area contributed by atoms with Crippen molar-refractivity contribution in [1.82, 2.24) is 0 Å². The maximum atomic E-state index is 4.17. The van der Waals surface area contributed by atoms with Crippen molar-refractivity contribution in [1.29, 1.82) is 0 Å². The van der Waals surface area contributed by atoms with Crippen LogP contribution in [0.15, 0.2) is 91.0 Å². The van der Waals surface area contributed by atoms with E-state index in [0.717, 1.165) is 19.3 Å². The second-order valence-electron chi connectivity index (χ2n) is 9.33. The van der Waals surface area contributed by atoms with E-state index in [1.165, 1.54) is 63.3 Å². The first-order valence-corrected chi connectivity index (χ1v) is 13.7. The van der Waals surface area contributed by atoms with Crippen LogP contribution >= 0.6 is 22.7 Å². The number of thiophene rings is 2. The first-order chi connectivity index (χ1) is 16.6. The molecule has 0 amide bonds. The third kappa shape index (κ3) is 3.66. The fourth-order valence-corrected chi connectivity index (χ4v) is 7.65. The van der Waals surface area contributed by atoms with Crippen molar-refractivity contribution >= 4 is 44.2 Å². The molecule has 2 aromatic heterocycles. The Morgan fingerprint density at radius 2 is 1.56 bits per heavy atom. The van der Waals surface area contributed by atoms with Crippen LogP contribution < -0.4 is 0 Å². The summed E-state index contributed by atoms with van der Waals surface area (Å²) in [5.74, 6) is 0.585. The molecule has 0 saturated carbocycles. The van der Waals surface area contributed by atoms with Crippen LogP contribution in [0.1, 0.15) is 41.7 Å². The summed E-state index contributed by atoms with van der Waals surface area (Å²) in [5, 5.41) is 5.55. The molecule has 1 aliphatic rings. The van der Waals surface area contributed by atoms with E-state index in [4.69, 9.17) is 0 Å². The quantitative estimate of drug-likeness (QED) is 0.226. The average Bonchev–Trinajstić information content (AvgIpc) is 3.54. The maximum Gasteiger partial charge on any atom is 0.0449 e. The molecule has 34 heavy (non-hydrogen) atoms. The molecule has 0 fully saturated rings. The van der Waals surface area contributed by atoms with Gasteiger partial charge < -0.3 is 0 Å². The molecule has 1 unspecified atom stereocenters. The molecule has 0 bridgehead atoms. The molecule has 6 rings (SSSR count). The van der Waals surface area contributed by atoms with Gasteiger partial charge in [0.05, 0.1) is 0 Å². The molecule has 0 aliphatic heterocycles. The minimum absolute atomic E-state index is 0.585. The van der Waals surface area contributed by atoms with Crippen molar-refractivity contribution in [3.63, 3.8) is 0 Å². The highest BCUT2D eigenvalue weighted by Gasteiger charge is 2.18. The zero-order valence-electron chi connectivity index (χ0n) is 19.7. The SMILES string of the molecule is C=C1C=CCC(c2ccc(-c3ccc(-c4ccc5c(C)c6ccccc6c(CC)c5c4)s3)s2)C1. The highest BCUT2D eigenvalue weighted by atomic mass is 32.1. The molecule has 0 saturated heterocycles. The smallest absolute Gasteiger partial charge is 0.0449 e. The molecule has 1 aliphatic carbocycles. The summed E-state index contributed by atoms with van der Waals surface area (Å²) in [7, 11) is 0. The Balaban J connectivity index is 1.38. The Kier molecular flexibility index (Phi) is 5.51. The van der Waals surface area contributed by atoms with Gasteiger partial charge in [-0.2, -0.15) is 0 Å². The first-order valence-electron chi connectivity index (χ1n) is 12.1. The molecule has 5 aromatic rings. The van der Waals surface area contributed by atoms with Crippen molar-refractivity contribution in [2.24, 2.45) is 0 Å². The van der Waals surface area contributed by atoms with Gasteiger partial charge in [-0.15, -0.1) is 22.7 Å². The van der Waals surface area contributed by atoms with Gasteiger partial charge in [0.15, 0.2) is 0 Å². The van der Waals surface area contributed by atoms with Crippen LogP contribution in [-0.4, -0.2) is 0 Å². The molecule has 168 valence electrons. The van der Waals surface area contributed by atoms with Crippen LogP contribution in [0.3, 0.4) is 0 Å². The van der Waals surface area contributed by atoms with E-state index < -0.39 is 0 Å². The Morgan fingerprint density at radius 1 is 0.824 bits per heavy atom. The number of rotatable bonds is 4. The normalized spacial score (nSPS) is 16.1. The molecule has 1 atom stereocenters. The molecular formula is C32H28S2. The van der Waals surface area contributed by atoms with E-state index in [1.54, 1.807) is 0 Å². The van der Waals surface area contributed by atoms with E-state index in [0.29, 0.717) is 5.92 Å². The lowest BCUT2D eigenvalue weighted by molar-refractivity contribution is 0.695. The summed E-state index contributed by atoms with van der Waals surface area (Å²) in [6, 6.07) is 25.1. The maximum absolute atomic E-state index is 4.17. The van der Waals surface area contributed by atoms with Gasteiger partial charge in [0.1, 0.15) is 0 Å². The van der Waals surface area contributed by atoms with Gasteiger partial charge >= 0.3 is 0 Å². The van der Waals surface area contributed by atoms with Gasteiger partial charge in [-0.1, -0.05) is 67.6 Å². The summed E-state index contributed by atoms with van der Waals surface area (Å²) < 4.78 is 0. The van der Waals surface area contributed by atoms with Crippen LogP contribution in [0.5, 0.6) is 0 Å². The van der Waals surface area contributed by atoms with E-state index >= 15 is 0 Å². The number of fused-ring (bicyclic) bond motifs is 2. The first kappa shape index (κ1) is 21.6. The third-order valence-corrected chi connectivity index (χ3v) is 9.78. The van der Waals surface area contributed by atoms with E-state index in [9.17, 15) is 0 Å². The van der Waals surface area contributed by atoms with Crippen molar-refractivity contribution in [2.45, 2.75) is 39.0 Å². The minimum Gasteiger partial charge on any atom is -0.139 e. The molecule has 0 nitrogen and oxygen atoms in total.